The molecule has 0 saturated heterocycles. The number of nitrogens with zero attached hydrogens (tertiary/aromatic N) is 1. The minimum absolute atomic E-state index is 0.365. The van der Waals surface area contributed by atoms with Gasteiger partial charge in [-0.25, -0.2) is 0 Å². The zero-order valence-corrected chi connectivity index (χ0v) is 11.1. The fraction of sp³-hybridized carbons (Fsp3) is 1.00. The molecule has 3 heteroatoms. The number of nitrogens with two attached hydrogens (primary N) is 1. The van der Waals surface area contributed by atoms with Crippen molar-refractivity contribution in [2.75, 3.05) is 19.6 Å². The van der Waals surface area contributed by atoms with Crippen LogP contribution in [0.2, 0.25) is 0 Å². The smallest absolute Gasteiger partial charge is 0.0718 e. The number of hydrogen-bond acceptors (Lipinski definition) is 3. The van der Waals surface area contributed by atoms with Crippen molar-refractivity contribution in [2.45, 2.75) is 58.1 Å². The van der Waals surface area contributed by atoms with Crippen LogP contribution in [0.1, 0.15) is 46.5 Å². The van der Waals surface area contributed by atoms with Crippen LogP contribution in [0.4, 0.5) is 0 Å². The Balaban J connectivity index is 2.42. The summed E-state index contributed by atoms with van der Waals surface area (Å²) in [7, 11) is 0. The molecule has 0 amide bonds. The summed E-state index contributed by atoms with van der Waals surface area (Å²) in [6.07, 6.45) is 5.03. The van der Waals surface area contributed by atoms with Gasteiger partial charge in [-0.3, -0.25) is 0 Å². The van der Waals surface area contributed by atoms with E-state index in [1.165, 1.54) is 25.7 Å². The topological polar surface area (TPSA) is 49.5 Å². The average molecular weight is 228 g/mol. The van der Waals surface area contributed by atoms with Crippen molar-refractivity contribution >= 4 is 0 Å². The zero-order valence-electron chi connectivity index (χ0n) is 11.1. The van der Waals surface area contributed by atoms with Crippen LogP contribution in [0.3, 0.4) is 0 Å². The molecule has 1 saturated carbocycles. The van der Waals surface area contributed by atoms with Gasteiger partial charge in [0.05, 0.1) is 5.60 Å². The fourth-order valence-electron chi connectivity index (χ4n) is 2.65. The number of aliphatic hydroxyl groups is 1. The lowest BCUT2D eigenvalue weighted by atomic mass is 9.84. The molecule has 0 bridgehead atoms. The van der Waals surface area contributed by atoms with Crippen LogP contribution in [-0.2, 0) is 0 Å². The van der Waals surface area contributed by atoms with Gasteiger partial charge < -0.3 is 15.7 Å². The van der Waals surface area contributed by atoms with E-state index in [1.807, 2.05) is 13.8 Å². The molecule has 0 spiro atoms. The second-order valence-electron chi connectivity index (χ2n) is 5.85. The Morgan fingerprint density at radius 2 is 1.94 bits per heavy atom. The van der Waals surface area contributed by atoms with Crippen molar-refractivity contribution in [3.8, 4) is 0 Å². The van der Waals surface area contributed by atoms with E-state index in [2.05, 4.69) is 11.8 Å². The predicted octanol–water partition coefficient (Wildman–Crippen LogP) is 1.60. The second-order valence-corrected chi connectivity index (χ2v) is 5.85. The van der Waals surface area contributed by atoms with Crippen LogP contribution in [0.15, 0.2) is 0 Å². The molecule has 1 fully saturated rings. The summed E-state index contributed by atoms with van der Waals surface area (Å²) in [5.41, 5.74) is 5.55. The van der Waals surface area contributed by atoms with Crippen molar-refractivity contribution in [1.29, 1.82) is 0 Å². The summed E-state index contributed by atoms with van der Waals surface area (Å²) in [6.45, 7) is 8.68. The van der Waals surface area contributed by atoms with Gasteiger partial charge in [0.25, 0.3) is 0 Å². The third-order valence-electron chi connectivity index (χ3n) is 3.52. The number of hydrogen-bond donors (Lipinski definition) is 2. The van der Waals surface area contributed by atoms with Gasteiger partial charge in [0.1, 0.15) is 0 Å². The summed E-state index contributed by atoms with van der Waals surface area (Å²) in [5.74, 6) is 0.621. The Kier molecular flexibility index (Phi) is 5.22. The summed E-state index contributed by atoms with van der Waals surface area (Å²) < 4.78 is 0. The van der Waals surface area contributed by atoms with Gasteiger partial charge in [-0.1, -0.05) is 19.8 Å². The first-order valence-corrected chi connectivity index (χ1v) is 6.62. The van der Waals surface area contributed by atoms with E-state index >= 15 is 0 Å². The van der Waals surface area contributed by atoms with Crippen LogP contribution >= 0.6 is 0 Å². The minimum atomic E-state index is -0.602. The molecule has 16 heavy (non-hydrogen) atoms. The molecule has 0 radical (unpaired) electrons. The van der Waals surface area contributed by atoms with Crippen LogP contribution in [0, 0.1) is 5.92 Å². The van der Waals surface area contributed by atoms with Crippen molar-refractivity contribution < 1.29 is 5.11 Å². The first-order chi connectivity index (χ1) is 7.42. The molecular weight excluding hydrogens is 200 g/mol. The highest BCUT2D eigenvalue weighted by Crippen LogP contribution is 2.24. The molecule has 2 unspecified atom stereocenters. The van der Waals surface area contributed by atoms with E-state index in [9.17, 15) is 5.11 Å². The van der Waals surface area contributed by atoms with Crippen molar-refractivity contribution in [2.24, 2.45) is 11.7 Å². The molecular formula is C13H28N2O. The first-order valence-electron chi connectivity index (χ1n) is 6.62. The SMILES string of the molecule is CCN(CC1CCCCC1N)CC(C)(C)O. The largest absolute Gasteiger partial charge is 0.389 e. The summed E-state index contributed by atoms with van der Waals surface area (Å²) >= 11 is 0. The van der Waals surface area contributed by atoms with Gasteiger partial charge >= 0.3 is 0 Å². The molecule has 1 aliphatic rings. The van der Waals surface area contributed by atoms with Crippen LogP contribution in [0.5, 0.6) is 0 Å². The highest BCUT2D eigenvalue weighted by Gasteiger charge is 2.25. The Bertz CT molecular complexity index is 201. The zero-order chi connectivity index (χ0) is 12.2. The van der Waals surface area contributed by atoms with E-state index in [-0.39, 0.29) is 0 Å². The predicted molar refractivity (Wildman–Crippen MR) is 68.3 cm³/mol. The first kappa shape index (κ1) is 13.9. The van der Waals surface area contributed by atoms with Crippen LogP contribution in [-0.4, -0.2) is 41.3 Å². The Morgan fingerprint density at radius 3 is 2.44 bits per heavy atom. The lowest BCUT2D eigenvalue weighted by Crippen LogP contribution is -2.45. The third-order valence-corrected chi connectivity index (χ3v) is 3.52. The van der Waals surface area contributed by atoms with E-state index in [1.54, 1.807) is 0 Å². The van der Waals surface area contributed by atoms with E-state index in [4.69, 9.17) is 5.73 Å². The van der Waals surface area contributed by atoms with Crippen molar-refractivity contribution in [3.63, 3.8) is 0 Å². The highest BCUT2D eigenvalue weighted by atomic mass is 16.3. The summed E-state index contributed by atoms with van der Waals surface area (Å²) in [5, 5.41) is 9.84. The van der Waals surface area contributed by atoms with Crippen molar-refractivity contribution in [1.82, 2.24) is 4.90 Å². The van der Waals surface area contributed by atoms with Gasteiger partial charge in [0.15, 0.2) is 0 Å². The molecule has 0 aromatic rings. The van der Waals surface area contributed by atoms with Gasteiger partial charge in [-0.15, -0.1) is 0 Å². The highest BCUT2D eigenvalue weighted by molar-refractivity contribution is 4.82. The Morgan fingerprint density at radius 1 is 1.31 bits per heavy atom. The average Bonchev–Trinajstić information content (AvgIpc) is 2.18. The maximum absolute atomic E-state index is 9.84. The second kappa shape index (κ2) is 5.99. The molecule has 3 N–H and O–H groups in total. The molecule has 0 aromatic carbocycles. The molecule has 3 nitrogen and oxygen atoms in total. The Hall–Kier alpha value is -0.120. The molecule has 1 aliphatic carbocycles. The fourth-order valence-corrected chi connectivity index (χ4v) is 2.65. The molecule has 0 heterocycles. The summed E-state index contributed by atoms with van der Waals surface area (Å²) in [4.78, 5) is 2.33. The molecule has 1 rings (SSSR count). The quantitative estimate of drug-likeness (QED) is 0.751. The van der Waals surface area contributed by atoms with Crippen LogP contribution < -0.4 is 5.73 Å². The van der Waals surface area contributed by atoms with Crippen molar-refractivity contribution in [3.05, 3.63) is 0 Å². The van der Waals surface area contributed by atoms with E-state index in [0.717, 1.165) is 19.6 Å². The lowest BCUT2D eigenvalue weighted by molar-refractivity contribution is 0.0294. The lowest BCUT2D eigenvalue weighted by Gasteiger charge is -2.35. The molecule has 2 atom stereocenters. The van der Waals surface area contributed by atoms with Gasteiger partial charge in [0, 0.05) is 19.1 Å². The number of rotatable bonds is 5. The molecule has 0 aliphatic heterocycles. The monoisotopic (exact) mass is 228 g/mol. The summed E-state index contributed by atoms with van der Waals surface area (Å²) in [6, 6.07) is 0.365. The Labute approximate surface area is 100 Å². The van der Waals surface area contributed by atoms with Gasteiger partial charge in [0.2, 0.25) is 0 Å². The molecule has 0 aromatic heterocycles. The third kappa shape index (κ3) is 4.81. The maximum Gasteiger partial charge on any atom is 0.0718 e. The van der Waals surface area contributed by atoms with Gasteiger partial charge in [-0.05, 0) is 39.2 Å². The van der Waals surface area contributed by atoms with Gasteiger partial charge in [-0.2, -0.15) is 0 Å². The van der Waals surface area contributed by atoms with E-state index in [0.29, 0.717) is 12.0 Å². The molecule has 96 valence electrons. The maximum atomic E-state index is 9.84. The standard InChI is InChI=1S/C13H28N2O/c1-4-15(10-13(2,3)16)9-11-7-5-6-8-12(11)14/h11-12,16H,4-10,14H2,1-3H3. The van der Waals surface area contributed by atoms with Crippen LogP contribution in [0.25, 0.3) is 0 Å². The van der Waals surface area contributed by atoms with E-state index < -0.39 is 5.60 Å². The normalized spacial score (nSPS) is 27.4. The minimum Gasteiger partial charge on any atom is -0.389 e. The number of likely N-dealkylation sites (N-methyl/N-ethyl adjacent to an activating group) is 1.